The molecule has 10 nitrogen and oxygen atoms in total. The van der Waals surface area contributed by atoms with Gasteiger partial charge in [0.15, 0.2) is 0 Å². The average molecular weight is 500 g/mol. The minimum absolute atomic E-state index is 0.00805. The van der Waals surface area contributed by atoms with Crippen LogP contribution < -0.4 is 26.4 Å². The predicted octanol–water partition coefficient (Wildman–Crippen LogP) is 2.12. The van der Waals surface area contributed by atoms with Crippen molar-refractivity contribution in [2.24, 2.45) is 5.73 Å². The molecule has 2 heterocycles. The van der Waals surface area contributed by atoms with Crippen LogP contribution in [0.1, 0.15) is 28.3 Å². The zero-order valence-corrected chi connectivity index (χ0v) is 20.4. The Bertz CT molecular complexity index is 1380. The lowest BCUT2D eigenvalue weighted by Gasteiger charge is -2.19. The number of amidine groups is 1. The maximum atomic E-state index is 13.3. The highest BCUT2D eigenvalue weighted by Gasteiger charge is 2.24. The second-order valence-electron chi connectivity index (χ2n) is 8.44. The number of nitrogens with two attached hydrogens (primary N) is 1. The number of pyridine rings is 1. The fraction of sp³-hybridized carbons (Fsp3) is 0.185. The first kappa shape index (κ1) is 25.4. The summed E-state index contributed by atoms with van der Waals surface area (Å²) in [7, 11) is 1.59. The second kappa shape index (κ2) is 11.8. The maximum Gasteiger partial charge on any atom is 0.242 e. The van der Waals surface area contributed by atoms with Crippen LogP contribution in [-0.4, -0.2) is 41.3 Å². The second-order valence-corrected chi connectivity index (χ2v) is 8.44. The first-order valence-electron chi connectivity index (χ1n) is 11.7. The van der Waals surface area contributed by atoms with Crippen molar-refractivity contribution in [2.75, 3.05) is 13.7 Å². The zero-order valence-electron chi connectivity index (χ0n) is 20.4. The molecule has 0 saturated carbocycles. The van der Waals surface area contributed by atoms with Gasteiger partial charge in [-0.05, 0) is 35.4 Å². The summed E-state index contributed by atoms with van der Waals surface area (Å²) in [5.74, 6) is 0.00499. The molecular weight excluding hydrogens is 470 g/mol. The molecule has 1 atom stereocenters. The van der Waals surface area contributed by atoms with Gasteiger partial charge in [-0.1, -0.05) is 30.3 Å². The van der Waals surface area contributed by atoms with Crippen molar-refractivity contribution >= 4 is 28.6 Å². The third kappa shape index (κ3) is 6.50. The molecule has 0 spiro atoms. The molecule has 7 N–H and O–H groups in total. The minimum atomic E-state index is -0.750. The normalized spacial score (nSPS) is 11.6. The van der Waals surface area contributed by atoms with Gasteiger partial charge in [0.25, 0.3) is 0 Å². The standard InChI is InChI=1S/C27H29N7O3/c1-37-20-8-9-23-21(11-20)22(15-31-23)25(33-13-17-4-6-19(7-5-17)26(28)29)27(36)34-16-24(35)32-14-18-3-2-10-30-12-18/h2-12,15,25,31,33H,13-14,16H2,1H3,(H3,28,29)(H,32,35)(H,34,36). The first-order valence-corrected chi connectivity index (χ1v) is 11.7. The summed E-state index contributed by atoms with van der Waals surface area (Å²) in [6.45, 7) is 0.527. The first-order chi connectivity index (χ1) is 17.9. The van der Waals surface area contributed by atoms with E-state index in [2.05, 4.69) is 25.9 Å². The van der Waals surface area contributed by atoms with E-state index in [1.807, 2.05) is 36.4 Å². The van der Waals surface area contributed by atoms with Gasteiger partial charge < -0.3 is 26.1 Å². The molecule has 2 aromatic carbocycles. The van der Waals surface area contributed by atoms with Crippen LogP contribution >= 0.6 is 0 Å². The van der Waals surface area contributed by atoms with E-state index in [9.17, 15) is 9.59 Å². The Morgan fingerprint density at radius 3 is 2.59 bits per heavy atom. The number of nitrogens with zero attached hydrogens (tertiary/aromatic N) is 1. The molecular formula is C27H29N7O3. The van der Waals surface area contributed by atoms with Crippen LogP contribution in [0.3, 0.4) is 0 Å². The van der Waals surface area contributed by atoms with Crippen molar-refractivity contribution in [3.8, 4) is 5.75 Å². The van der Waals surface area contributed by atoms with Gasteiger partial charge in [0.05, 0.1) is 13.7 Å². The number of hydrogen-bond acceptors (Lipinski definition) is 6. The maximum absolute atomic E-state index is 13.3. The summed E-state index contributed by atoms with van der Waals surface area (Å²) in [4.78, 5) is 32.9. The molecule has 10 heteroatoms. The highest BCUT2D eigenvalue weighted by Crippen LogP contribution is 2.28. The van der Waals surface area contributed by atoms with E-state index in [4.69, 9.17) is 15.9 Å². The summed E-state index contributed by atoms with van der Waals surface area (Å²) < 4.78 is 5.37. The van der Waals surface area contributed by atoms with Crippen molar-refractivity contribution in [3.05, 3.63) is 95.4 Å². The quantitative estimate of drug-likeness (QED) is 0.137. The smallest absolute Gasteiger partial charge is 0.242 e. The van der Waals surface area contributed by atoms with Crippen LogP contribution in [0.2, 0.25) is 0 Å². The SMILES string of the molecule is COc1ccc2[nH]cc(C(NCc3ccc(C(=N)N)cc3)C(=O)NCC(=O)NCc3cccnc3)c2c1. The summed E-state index contributed by atoms with van der Waals surface area (Å²) in [6.07, 6.45) is 5.12. The van der Waals surface area contributed by atoms with E-state index < -0.39 is 6.04 Å². The zero-order chi connectivity index (χ0) is 26.2. The number of hydrogen-bond donors (Lipinski definition) is 6. The van der Waals surface area contributed by atoms with Crippen LogP contribution in [0.25, 0.3) is 10.9 Å². The molecule has 1 unspecified atom stereocenters. The minimum Gasteiger partial charge on any atom is -0.497 e. The van der Waals surface area contributed by atoms with Crippen molar-refractivity contribution in [3.63, 3.8) is 0 Å². The molecule has 4 aromatic rings. The number of methoxy groups -OCH3 is 1. The summed E-state index contributed by atoms with van der Waals surface area (Å²) >= 11 is 0. The van der Waals surface area contributed by atoms with Gasteiger partial charge in [0.1, 0.15) is 17.6 Å². The molecule has 4 rings (SSSR count). The van der Waals surface area contributed by atoms with Gasteiger partial charge in [0.2, 0.25) is 11.8 Å². The van der Waals surface area contributed by atoms with Crippen molar-refractivity contribution in [1.29, 1.82) is 5.41 Å². The Morgan fingerprint density at radius 1 is 1.08 bits per heavy atom. The fourth-order valence-corrected chi connectivity index (χ4v) is 3.89. The third-order valence-electron chi connectivity index (χ3n) is 5.91. The van der Waals surface area contributed by atoms with Crippen molar-refractivity contribution < 1.29 is 14.3 Å². The predicted molar refractivity (Wildman–Crippen MR) is 141 cm³/mol. The van der Waals surface area contributed by atoms with Gasteiger partial charge in [-0.3, -0.25) is 25.3 Å². The number of carbonyl (C=O) groups is 2. The van der Waals surface area contributed by atoms with Gasteiger partial charge in [-0.25, -0.2) is 0 Å². The van der Waals surface area contributed by atoms with Gasteiger partial charge >= 0.3 is 0 Å². The Kier molecular flexibility index (Phi) is 8.11. The van der Waals surface area contributed by atoms with Crippen LogP contribution in [0.4, 0.5) is 0 Å². The van der Waals surface area contributed by atoms with Crippen molar-refractivity contribution in [2.45, 2.75) is 19.1 Å². The number of fused-ring (bicyclic) bond motifs is 1. The van der Waals surface area contributed by atoms with Crippen LogP contribution in [0, 0.1) is 5.41 Å². The Labute approximate surface area is 214 Å². The van der Waals surface area contributed by atoms with E-state index in [1.165, 1.54) is 0 Å². The Morgan fingerprint density at radius 2 is 1.89 bits per heavy atom. The molecule has 2 aromatic heterocycles. The van der Waals surface area contributed by atoms with E-state index in [0.29, 0.717) is 24.4 Å². The number of amides is 2. The third-order valence-corrected chi connectivity index (χ3v) is 5.91. The molecule has 0 radical (unpaired) electrons. The number of nitrogen functional groups attached to an aromatic ring is 1. The van der Waals surface area contributed by atoms with Gasteiger partial charge in [0, 0.05) is 53.7 Å². The lowest BCUT2D eigenvalue weighted by Crippen LogP contribution is -2.42. The largest absolute Gasteiger partial charge is 0.497 e. The van der Waals surface area contributed by atoms with Crippen LogP contribution in [0.15, 0.2) is 73.2 Å². The summed E-state index contributed by atoms with van der Waals surface area (Å²) in [5.41, 5.74) is 9.53. The monoisotopic (exact) mass is 499 g/mol. The molecule has 2 amide bonds. The Hall–Kier alpha value is -4.70. The van der Waals surface area contributed by atoms with E-state index in [-0.39, 0.29) is 24.2 Å². The highest BCUT2D eigenvalue weighted by molar-refractivity contribution is 5.95. The number of rotatable bonds is 11. The molecule has 0 aliphatic rings. The molecule has 0 aliphatic carbocycles. The molecule has 0 fully saturated rings. The topological polar surface area (TPSA) is 158 Å². The Balaban J connectivity index is 1.48. The number of H-pyrrole nitrogens is 1. The summed E-state index contributed by atoms with van der Waals surface area (Å²) in [5, 5.41) is 17.2. The number of carbonyl (C=O) groups excluding carboxylic acids is 2. The molecule has 0 saturated heterocycles. The molecule has 0 bridgehead atoms. The number of ether oxygens (including phenoxy) is 1. The number of aromatic nitrogens is 2. The average Bonchev–Trinajstić information content (AvgIpc) is 3.34. The summed E-state index contributed by atoms with van der Waals surface area (Å²) in [6, 6.07) is 15.7. The van der Waals surface area contributed by atoms with E-state index in [0.717, 1.165) is 27.6 Å². The van der Waals surface area contributed by atoms with Gasteiger partial charge in [-0.2, -0.15) is 0 Å². The molecule has 0 aliphatic heterocycles. The number of nitrogens with one attached hydrogen (secondary N) is 5. The van der Waals surface area contributed by atoms with E-state index in [1.54, 1.807) is 43.9 Å². The molecule has 190 valence electrons. The number of aromatic amines is 1. The van der Waals surface area contributed by atoms with E-state index >= 15 is 0 Å². The lowest BCUT2D eigenvalue weighted by atomic mass is 10.0. The highest BCUT2D eigenvalue weighted by atomic mass is 16.5. The number of benzene rings is 2. The van der Waals surface area contributed by atoms with Crippen LogP contribution in [0.5, 0.6) is 5.75 Å². The fourth-order valence-electron chi connectivity index (χ4n) is 3.89. The lowest BCUT2D eigenvalue weighted by molar-refractivity contribution is -0.127. The molecule has 37 heavy (non-hydrogen) atoms. The van der Waals surface area contributed by atoms with Crippen molar-refractivity contribution in [1.82, 2.24) is 25.9 Å². The van der Waals surface area contributed by atoms with Gasteiger partial charge in [-0.15, -0.1) is 0 Å². The van der Waals surface area contributed by atoms with Crippen LogP contribution in [-0.2, 0) is 22.7 Å².